The number of nitrogens with zero attached hydrogens (tertiary/aromatic N) is 2. The van der Waals surface area contributed by atoms with Gasteiger partial charge in [-0.2, -0.15) is 13.2 Å². The lowest BCUT2D eigenvalue weighted by Crippen LogP contribution is -2.40. The molecule has 176 valence electrons. The van der Waals surface area contributed by atoms with Crippen molar-refractivity contribution in [3.8, 4) is 0 Å². The minimum Gasteiger partial charge on any atom is -0.368 e. The van der Waals surface area contributed by atoms with Gasteiger partial charge in [0, 0.05) is 23.8 Å². The molecule has 0 atom stereocenters. The maximum Gasteiger partial charge on any atom is 0.434 e. The first-order valence-corrected chi connectivity index (χ1v) is 11.8. The van der Waals surface area contributed by atoms with Gasteiger partial charge < -0.3 is 10.6 Å². The Kier molecular flexibility index (Phi) is 6.06. The number of halogens is 3. The molecule has 0 aliphatic heterocycles. The number of anilines is 1. The first-order chi connectivity index (χ1) is 15.5. The molecule has 1 saturated carbocycles. The Morgan fingerprint density at radius 3 is 2.27 bits per heavy atom. The fourth-order valence-corrected chi connectivity index (χ4v) is 4.44. The van der Waals surface area contributed by atoms with Gasteiger partial charge in [-0.15, -0.1) is 0 Å². The summed E-state index contributed by atoms with van der Waals surface area (Å²) in [5, 5.41) is 11.3. The molecule has 12 heteroatoms. The highest BCUT2D eigenvalue weighted by Crippen LogP contribution is 2.30. The second-order valence-electron chi connectivity index (χ2n) is 8.00. The van der Waals surface area contributed by atoms with Crippen LogP contribution in [-0.4, -0.2) is 35.8 Å². The monoisotopic (exact) mass is 481 g/mol. The average Bonchev–Trinajstić information content (AvgIpc) is 3.21. The molecule has 0 radical (unpaired) electrons. The average molecular weight is 482 g/mol. The van der Waals surface area contributed by atoms with Crippen molar-refractivity contribution in [3.05, 3.63) is 59.9 Å². The second-order valence-corrected chi connectivity index (χ2v) is 9.56. The van der Waals surface area contributed by atoms with Crippen molar-refractivity contribution >= 4 is 27.4 Å². The largest absolute Gasteiger partial charge is 0.434 e. The highest BCUT2D eigenvalue weighted by molar-refractivity contribution is 7.89. The molecule has 4 N–H and O–H groups in total. The van der Waals surface area contributed by atoms with Crippen LogP contribution in [0.3, 0.4) is 0 Å². The summed E-state index contributed by atoms with van der Waals surface area (Å²) >= 11 is 0. The number of alkyl halides is 3. The summed E-state index contributed by atoms with van der Waals surface area (Å²) in [7, 11) is -3.82. The maximum absolute atomic E-state index is 13.0. The number of carbonyl (C=O) groups excluding carboxylic acids is 1. The lowest BCUT2D eigenvalue weighted by atomic mass is 9.91. The van der Waals surface area contributed by atoms with Crippen LogP contribution in [-0.2, 0) is 16.2 Å². The van der Waals surface area contributed by atoms with Gasteiger partial charge in [0.05, 0.1) is 4.90 Å². The van der Waals surface area contributed by atoms with E-state index in [9.17, 15) is 26.4 Å². The molecule has 4 rings (SSSR count). The van der Waals surface area contributed by atoms with Crippen molar-refractivity contribution in [3.63, 3.8) is 0 Å². The van der Waals surface area contributed by atoms with Crippen molar-refractivity contribution in [1.82, 2.24) is 14.7 Å². The number of nitrogens with two attached hydrogens (primary N) is 1. The van der Waals surface area contributed by atoms with Gasteiger partial charge in [-0.3, -0.25) is 9.20 Å². The number of nitrogens with one attached hydrogen (secondary N) is 2. The summed E-state index contributed by atoms with van der Waals surface area (Å²) in [6.45, 7) is 0. The quantitative estimate of drug-likeness (QED) is 0.517. The van der Waals surface area contributed by atoms with Crippen LogP contribution in [0.5, 0.6) is 0 Å². The van der Waals surface area contributed by atoms with Crippen LogP contribution in [0.25, 0.3) is 5.65 Å². The Hall–Kier alpha value is -3.12. The van der Waals surface area contributed by atoms with E-state index in [1.807, 2.05) is 0 Å². The third-order valence-corrected chi connectivity index (χ3v) is 6.57. The van der Waals surface area contributed by atoms with Gasteiger partial charge >= 0.3 is 6.18 Å². The Balaban J connectivity index is 1.35. The molecule has 8 nitrogen and oxygen atoms in total. The van der Waals surface area contributed by atoms with E-state index in [1.165, 1.54) is 34.7 Å². The highest BCUT2D eigenvalue weighted by Gasteiger charge is 2.34. The van der Waals surface area contributed by atoms with Gasteiger partial charge in [0.2, 0.25) is 10.0 Å². The molecular formula is C21H22F3N5O3S. The smallest absolute Gasteiger partial charge is 0.368 e. The van der Waals surface area contributed by atoms with E-state index in [1.54, 1.807) is 12.1 Å². The van der Waals surface area contributed by atoms with Crippen LogP contribution in [0.15, 0.2) is 53.6 Å². The van der Waals surface area contributed by atoms with Gasteiger partial charge in [-0.1, -0.05) is 6.07 Å². The van der Waals surface area contributed by atoms with Gasteiger partial charge in [0.1, 0.15) is 11.5 Å². The summed E-state index contributed by atoms with van der Waals surface area (Å²) in [4.78, 5) is 16.0. The summed E-state index contributed by atoms with van der Waals surface area (Å²) in [6.07, 6.45) is -0.735. The molecule has 33 heavy (non-hydrogen) atoms. The van der Waals surface area contributed by atoms with Gasteiger partial charge in [-0.25, -0.2) is 18.5 Å². The molecule has 2 heterocycles. The molecule has 3 aromatic rings. The molecule has 0 saturated heterocycles. The molecule has 0 spiro atoms. The second kappa shape index (κ2) is 8.67. The number of primary sulfonamides is 1. The number of amides is 1. The van der Waals surface area contributed by atoms with Gasteiger partial charge in [0.15, 0.2) is 5.69 Å². The molecular weight excluding hydrogens is 459 g/mol. The highest BCUT2D eigenvalue weighted by atomic mass is 32.2. The number of fused-ring (bicyclic) bond motifs is 1. The number of carbonyl (C=O) groups is 1. The number of sulfonamides is 1. The minimum atomic E-state index is -4.52. The molecule has 2 aromatic heterocycles. The normalized spacial score (nSPS) is 19.4. The zero-order chi connectivity index (χ0) is 23.8. The van der Waals surface area contributed by atoms with Crippen LogP contribution in [0.4, 0.5) is 19.0 Å². The van der Waals surface area contributed by atoms with Crippen LogP contribution >= 0.6 is 0 Å². The fraction of sp³-hybridized carbons (Fsp3) is 0.333. The SMILES string of the molecule is NS(=O)(=O)c1ccc(C(=O)N[C@H]2CC[C@@H](Nc3cccc4nc(C(F)(F)F)cn34)CC2)cc1. The maximum atomic E-state index is 13.0. The van der Waals surface area contributed by atoms with Gasteiger partial charge in [-0.05, 0) is 62.1 Å². The third-order valence-electron chi connectivity index (χ3n) is 5.64. The van der Waals surface area contributed by atoms with E-state index in [0.29, 0.717) is 37.1 Å². The summed E-state index contributed by atoms with van der Waals surface area (Å²) in [5.41, 5.74) is -0.406. The number of benzene rings is 1. The topological polar surface area (TPSA) is 119 Å². The lowest BCUT2D eigenvalue weighted by molar-refractivity contribution is -0.140. The van der Waals surface area contributed by atoms with Crippen LogP contribution in [0.1, 0.15) is 41.7 Å². The molecule has 1 aromatic carbocycles. The van der Waals surface area contributed by atoms with Gasteiger partial charge in [0.25, 0.3) is 5.91 Å². The minimum absolute atomic E-state index is 0.0366. The van der Waals surface area contributed by atoms with Crippen molar-refractivity contribution in [1.29, 1.82) is 0 Å². The van der Waals surface area contributed by atoms with Crippen molar-refractivity contribution in [2.75, 3.05) is 5.32 Å². The first kappa shape index (κ1) is 23.1. The Bertz CT molecular complexity index is 1260. The van der Waals surface area contributed by atoms with E-state index in [4.69, 9.17) is 5.14 Å². The first-order valence-electron chi connectivity index (χ1n) is 10.3. The zero-order valence-corrected chi connectivity index (χ0v) is 18.2. The standard InChI is InChI=1S/C21H22F3N5O3S/c22-21(23,24)17-12-29-18(2-1-3-19(29)28-17)26-14-6-8-15(9-7-14)27-20(30)13-4-10-16(11-5-13)33(25,31)32/h1-5,10-12,14-15,26H,6-9H2,(H,27,30)(H2,25,31,32)/t14-,15+. The Labute approximate surface area is 188 Å². The number of imidazole rings is 1. The van der Waals surface area contributed by atoms with Crippen molar-refractivity contribution < 1.29 is 26.4 Å². The van der Waals surface area contributed by atoms with E-state index in [-0.39, 0.29) is 28.5 Å². The molecule has 0 bridgehead atoms. The number of rotatable bonds is 5. The summed E-state index contributed by atoms with van der Waals surface area (Å²) < 4.78 is 63.0. The van der Waals surface area contributed by atoms with E-state index < -0.39 is 21.9 Å². The number of aromatic nitrogens is 2. The molecule has 1 amide bonds. The van der Waals surface area contributed by atoms with E-state index in [0.717, 1.165) is 6.20 Å². The molecule has 1 aliphatic rings. The number of pyridine rings is 1. The molecule has 0 unspecified atom stereocenters. The van der Waals surface area contributed by atoms with Crippen LogP contribution < -0.4 is 15.8 Å². The van der Waals surface area contributed by atoms with Crippen molar-refractivity contribution in [2.45, 2.75) is 48.8 Å². The fourth-order valence-electron chi connectivity index (χ4n) is 3.92. The van der Waals surface area contributed by atoms with Crippen LogP contribution in [0.2, 0.25) is 0 Å². The van der Waals surface area contributed by atoms with E-state index >= 15 is 0 Å². The number of hydrogen-bond donors (Lipinski definition) is 3. The Morgan fingerprint density at radius 1 is 1.03 bits per heavy atom. The molecule has 1 fully saturated rings. The number of hydrogen-bond acceptors (Lipinski definition) is 5. The molecule has 1 aliphatic carbocycles. The van der Waals surface area contributed by atoms with E-state index in [2.05, 4.69) is 15.6 Å². The zero-order valence-electron chi connectivity index (χ0n) is 17.3. The predicted octanol–water partition coefficient (Wildman–Crippen LogP) is 3.15. The summed E-state index contributed by atoms with van der Waals surface area (Å²) in [6, 6.07) is 10.2. The summed E-state index contributed by atoms with van der Waals surface area (Å²) in [5.74, 6) is 0.216. The Morgan fingerprint density at radius 2 is 1.67 bits per heavy atom. The van der Waals surface area contributed by atoms with Crippen LogP contribution in [0, 0.1) is 0 Å². The lowest BCUT2D eigenvalue weighted by Gasteiger charge is -2.30. The third kappa shape index (κ3) is 5.28. The van der Waals surface area contributed by atoms with Crippen molar-refractivity contribution in [2.24, 2.45) is 5.14 Å². The predicted molar refractivity (Wildman–Crippen MR) is 115 cm³/mol.